The molecule has 0 N–H and O–H groups in total. The molecule has 36 heavy (non-hydrogen) atoms. The van der Waals surface area contributed by atoms with E-state index < -0.39 is 0 Å². The zero-order chi connectivity index (χ0) is 23.9. The van der Waals surface area contributed by atoms with Crippen LogP contribution in [0.15, 0.2) is 134 Å². The van der Waals surface area contributed by atoms with Crippen LogP contribution in [0.25, 0.3) is 55.2 Å². The zero-order valence-electron chi connectivity index (χ0n) is 19.9. The van der Waals surface area contributed by atoms with E-state index in [0.717, 1.165) is 0 Å². The van der Waals surface area contributed by atoms with E-state index in [0.29, 0.717) is 0 Å². The van der Waals surface area contributed by atoms with Crippen molar-refractivity contribution in [2.75, 3.05) is 0 Å². The van der Waals surface area contributed by atoms with Crippen LogP contribution in [-0.2, 0) is 0 Å². The number of rotatable bonds is 0. The van der Waals surface area contributed by atoms with Gasteiger partial charge in [-0.25, -0.2) is 0 Å². The SMILES string of the molecule is C1=c2c3ccccc3c(c3ccccc23)=c2c3ccccc3c(c3ccccc23)=C\C=C/C=C/C=C\1. The van der Waals surface area contributed by atoms with E-state index in [4.69, 9.17) is 0 Å². The Balaban J connectivity index is 2.00. The van der Waals surface area contributed by atoms with Crippen molar-refractivity contribution in [1.82, 2.24) is 0 Å². The highest BCUT2D eigenvalue weighted by Gasteiger charge is 2.10. The molecule has 0 aliphatic heterocycles. The van der Waals surface area contributed by atoms with Gasteiger partial charge in [0.25, 0.3) is 0 Å². The van der Waals surface area contributed by atoms with Gasteiger partial charge in [0.05, 0.1) is 0 Å². The van der Waals surface area contributed by atoms with Gasteiger partial charge in [-0.2, -0.15) is 0 Å². The standard InChI is InChI=1S/C36H24/c1-2-4-6-16-26-29-19-9-13-23-33(29)36(34-24-14-10-20-30(26)34)35-31-21-11-7-17-27(31)25(15-5-3-1)28-18-8-12-22-32(28)35/h1-24H/b2-1+,3-1?,4-2?,5-3-,6-4-,15-5?,16-6?,25-15?,26-16?,36-35?. The molecule has 7 rings (SSSR count). The number of fused-ring (bicyclic) bond motifs is 6. The average molecular weight is 457 g/mol. The normalized spacial score (nSPS) is 15.8. The minimum absolute atomic E-state index is 1.26. The summed E-state index contributed by atoms with van der Waals surface area (Å²) in [5, 5.41) is 15.4. The first-order valence-corrected chi connectivity index (χ1v) is 12.5. The third kappa shape index (κ3) is 3.16. The van der Waals surface area contributed by atoms with Gasteiger partial charge in [0.1, 0.15) is 0 Å². The average Bonchev–Trinajstić information content (AvgIpc) is 2.93. The molecular formula is C36H24. The number of hydrogen-bond donors (Lipinski definition) is 0. The number of benzene rings is 6. The van der Waals surface area contributed by atoms with Gasteiger partial charge in [-0.05, 0) is 64.0 Å². The summed E-state index contributed by atoms with van der Waals surface area (Å²) in [5.41, 5.74) is 0. The van der Waals surface area contributed by atoms with Crippen molar-refractivity contribution in [3.63, 3.8) is 0 Å². The van der Waals surface area contributed by atoms with Crippen molar-refractivity contribution in [1.29, 1.82) is 0 Å². The molecule has 6 aromatic carbocycles. The molecule has 0 aromatic heterocycles. The fraction of sp³-hybridized carbons (Fsp3) is 0. The molecule has 0 fully saturated rings. The van der Waals surface area contributed by atoms with Crippen molar-refractivity contribution in [3.05, 3.63) is 154 Å². The topological polar surface area (TPSA) is 0 Å². The largest absolute Gasteiger partial charge is 0.0623 e. The van der Waals surface area contributed by atoms with Crippen molar-refractivity contribution in [3.8, 4) is 0 Å². The summed E-state index contributed by atoms with van der Waals surface area (Å²) >= 11 is 0. The second-order valence-corrected chi connectivity index (χ2v) is 9.25. The second kappa shape index (κ2) is 8.52. The first-order valence-electron chi connectivity index (χ1n) is 12.5. The van der Waals surface area contributed by atoms with Gasteiger partial charge in [0.15, 0.2) is 0 Å². The lowest BCUT2D eigenvalue weighted by atomic mass is 9.91. The Hall–Kier alpha value is -4.68. The minimum atomic E-state index is 1.26. The van der Waals surface area contributed by atoms with Crippen molar-refractivity contribution >= 4 is 55.2 Å². The van der Waals surface area contributed by atoms with Crippen LogP contribution in [0.4, 0.5) is 0 Å². The van der Waals surface area contributed by atoms with Crippen LogP contribution in [0.3, 0.4) is 0 Å². The number of hydrogen-bond acceptors (Lipinski definition) is 0. The smallest absolute Gasteiger partial charge is 0.00139 e. The zero-order valence-corrected chi connectivity index (χ0v) is 19.9. The summed E-state index contributed by atoms with van der Waals surface area (Å²) in [6.07, 6.45) is 17.2. The van der Waals surface area contributed by atoms with Crippen LogP contribution in [0.1, 0.15) is 0 Å². The molecule has 168 valence electrons. The summed E-state index contributed by atoms with van der Waals surface area (Å²) in [7, 11) is 0. The van der Waals surface area contributed by atoms with E-state index in [2.05, 4.69) is 146 Å². The van der Waals surface area contributed by atoms with E-state index in [9.17, 15) is 0 Å². The van der Waals surface area contributed by atoms with Crippen molar-refractivity contribution in [2.24, 2.45) is 0 Å². The van der Waals surface area contributed by atoms with Crippen LogP contribution < -0.4 is 10.4 Å². The fourth-order valence-corrected chi connectivity index (χ4v) is 5.78. The Bertz CT molecular complexity index is 1860. The van der Waals surface area contributed by atoms with Crippen LogP contribution in [0.2, 0.25) is 0 Å². The molecule has 0 unspecified atom stereocenters. The maximum absolute atomic E-state index is 2.29. The Morgan fingerprint density at radius 2 is 0.500 bits per heavy atom. The van der Waals surface area contributed by atoms with Crippen LogP contribution in [-0.4, -0.2) is 0 Å². The highest BCUT2D eigenvalue weighted by molar-refractivity contribution is 6.05. The van der Waals surface area contributed by atoms with Crippen molar-refractivity contribution < 1.29 is 0 Å². The maximum atomic E-state index is 2.29. The van der Waals surface area contributed by atoms with Crippen molar-refractivity contribution in [2.45, 2.75) is 0 Å². The first-order chi connectivity index (χ1) is 17.9. The van der Waals surface area contributed by atoms with Gasteiger partial charge in [-0.15, -0.1) is 0 Å². The molecule has 4 bridgehead atoms. The molecule has 0 atom stereocenters. The predicted octanol–water partition coefficient (Wildman–Crippen LogP) is 7.83. The molecule has 0 saturated heterocycles. The van der Waals surface area contributed by atoms with Crippen LogP contribution in [0.5, 0.6) is 0 Å². The summed E-state index contributed by atoms with van der Waals surface area (Å²) < 4.78 is 0. The Morgan fingerprint density at radius 3 is 0.806 bits per heavy atom. The van der Waals surface area contributed by atoms with Crippen LogP contribution >= 0.6 is 0 Å². The molecule has 1 aliphatic rings. The molecule has 0 saturated carbocycles. The lowest BCUT2D eigenvalue weighted by Gasteiger charge is -2.12. The molecular weight excluding hydrogens is 432 g/mol. The van der Waals surface area contributed by atoms with Gasteiger partial charge in [0.2, 0.25) is 0 Å². The van der Waals surface area contributed by atoms with E-state index in [1.807, 2.05) is 0 Å². The lowest BCUT2D eigenvalue weighted by Crippen LogP contribution is -2.07. The highest BCUT2D eigenvalue weighted by atomic mass is 14.1. The minimum Gasteiger partial charge on any atom is -0.0623 e. The third-order valence-corrected chi connectivity index (χ3v) is 7.28. The summed E-state index contributed by atoms with van der Waals surface area (Å²) in [6, 6.07) is 35.5. The summed E-state index contributed by atoms with van der Waals surface area (Å²) in [6.45, 7) is 0. The van der Waals surface area contributed by atoms with Gasteiger partial charge in [-0.1, -0.05) is 146 Å². The van der Waals surface area contributed by atoms with Gasteiger partial charge in [-0.3, -0.25) is 0 Å². The number of allylic oxidation sites excluding steroid dienone is 6. The Kier molecular flexibility index (Phi) is 4.89. The summed E-state index contributed by atoms with van der Waals surface area (Å²) in [4.78, 5) is 0. The third-order valence-electron chi connectivity index (χ3n) is 7.28. The molecule has 0 radical (unpaired) electrons. The Labute approximate surface area is 209 Å². The molecule has 0 heterocycles. The van der Waals surface area contributed by atoms with Gasteiger partial charge in [0, 0.05) is 0 Å². The molecule has 0 amide bonds. The van der Waals surface area contributed by atoms with E-state index >= 15 is 0 Å². The fourth-order valence-electron chi connectivity index (χ4n) is 5.78. The second-order valence-electron chi connectivity index (χ2n) is 9.25. The predicted molar refractivity (Wildman–Crippen MR) is 156 cm³/mol. The van der Waals surface area contributed by atoms with Gasteiger partial charge < -0.3 is 0 Å². The molecule has 0 nitrogen and oxygen atoms in total. The molecule has 6 aromatic rings. The highest BCUT2D eigenvalue weighted by Crippen LogP contribution is 2.28. The maximum Gasteiger partial charge on any atom is -0.00139 e. The Morgan fingerprint density at radius 1 is 0.250 bits per heavy atom. The molecule has 1 aliphatic carbocycles. The lowest BCUT2D eigenvalue weighted by molar-refractivity contribution is 1.61. The quantitative estimate of drug-likeness (QED) is 0.204. The van der Waals surface area contributed by atoms with Crippen LogP contribution in [0, 0.1) is 10.4 Å². The monoisotopic (exact) mass is 456 g/mol. The van der Waals surface area contributed by atoms with E-state index in [1.165, 1.54) is 64.0 Å². The first kappa shape index (κ1) is 20.7. The molecule has 0 heteroatoms. The molecule has 0 spiro atoms. The van der Waals surface area contributed by atoms with E-state index in [1.54, 1.807) is 0 Å². The summed E-state index contributed by atoms with van der Waals surface area (Å²) in [5.74, 6) is 0. The van der Waals surface area contributed by atoms with E-state index in [-0.39, 0.29) is 0 Å². The van der Waals surface area contributed by atoms with Gasteiger partial charge >= 0.3 is 0 Å².